The number of benzene rings is 2. The van der Waals surface area contributed by atoms with Gasteiger partial charge in [0.1, 0.15) is 0 Å². The van der Waals surface area contributed by atoms with Gasteiger partial charge in [0.05, 0.1) is 20.9 Å². The Hall–Kier alpha value is -2.29. The number of aryl methyl sites for hydroxylation is 2. The minimum Gasteiger partial charge on any atom is -0.309 e. The van der Waals surface area contributed by atoms with Gasteiger partial charge in [0.25, 0.3) is 0 Å². The molecule has 0 bridgehead atoms. The Morgan fingerprint density at radius 3 is 2.35 bits per heavy atom. The van der Waals surface area contributed by atoms with Gasteiger partial charge in [0, 0.05) is 13.0 Å². The molecule has 0 radical (unpaired) electrons. The first-order chi connectivity index (χ1) is 14.7. The average Bonchev–Trinajstić information content (AvgIpc) is 3.12. The van der Waals surface area contributed by atoms with Crippen LogP contribution in [0.25, 0.3) is 10.2 Å². The van der Waals surface area contributed by atoms with Gasteiger partial charge in [0.15, 0.2) is 15.0 Å². The van der Waals surface area contributed by atoms with Crippen molar-refractivity contribution in [3.63, 3.8) is 0 Å². The lowest BCUT2D eigenvalue weighted by molar-refractivity contribution is -0.118. The monoisotopic (exact) mass is 459 g/mol. The maximum absolute atomic E-state index is 13.1. The first-order valence-electron chi connectivity index (χ1n) is 10.3. The molecular formula is C23H29N3O3S2. The SMILES string of the molecule is Cc1ccc(S(=O)(=O)CCC(=O)N(CCCN(C)C)c2nc3ccc(C)cc3s2)cc1. The minimum atomic E-state index is -3.52. The van der Waals surface area contributed by atoms with Crippen LogP contribution in [0, 0.1) is 13.8 Å². The summed E-state index contributed by atoms with van der Waals surface area (Å²) in [6.07, 6.45) is 0.700. The van der Waals surface area contributed by atoms with Gasteiger partial charge in [-0.05, 0) is 70.7 Å². The Bertz CT molecular complexity index is 1150. The number of thiazole rings is 1. The van der Waals surface area contributed by atoms with Crippen molar-refractivity contribution in [2.45, 2.75) is 31.6 Å². The van der Waals surface area contributed by atoms with Gasteiger partial charge in [-0.25, -0.2) is 13.4 Å². The molecule has 31 heavy (non-hydrogen) atoms. The molecule has 1 amide bonds. The molecule has 166 valence electrons. The lowest BCUT2D eigenvalue weighted by Crippen LogP contribution is -2.34. The van der Waals surface area contributed by atoms with E-state index in [9.17, 15) is 13.2 Å². The first-order valence-corrected chi connectivity index (χ1v) is 12.7. The summed E-state index contributed by atoms with van der Waals surface area (Å²) in [5, 5.41) is 0.622. The largest absolute Gasteiger partial charge is 0.309 e. The highest BCUT2D eigenvalue weighted by Gasteiger charge is 2.23. The summed E-state index contributed by atoms with van der Waals surface area (Å²) in [6.45, 7) is 5.26. The second-order valence-corrected chi connectivity index (χ2v) is 11.2. The smallest absolute Gasteiger partial charge is 0.229 e. The number of nitrogens with zero attached hydrogens (tertiary/aromatic N) is 3. The van der Waals surface area contributed by atoms with Gasteiger partial charge in [-0.3, -0.25) is 9.69 Å². The van der Waals surface area contributed by atoms with Crippen molar-refractivity contribution in [3.8, 4) is 0 Å². The van der Waals surface area contributed by atoms with E-state index in [0.717, 1.165) is 34.3 Å². The van der Waals surface area contributed by atoms with Crippen molar-refractivity contribution in [3.05, 3.63) is 53.6 Å². The van der Waals surface area contributed by atoms with Crippen molar-refractivity contribution in [2.75, 3.05) is 37.8 Å². The Morgan fingerprint density at radius 2 is 1.68 bits per heavy atom. The third-order valence-corrected chi connectivity index (χ3v) is 7.79. The second-order valence-electron chi connectivity index (χ2n) is 8.05. The number of fused-ring (bicyclic) bond motifs is 1. The summed E-state index contributed by atoms with van der Waals surface area (Å²) >= 11 is 1.47. The number of carbonyl (C=O) groups excluding carboxylic acids is 1. The summed E-state index contributed by atoms with van der Waals surface area (Å²) in [7, 11) is 0.449. The van der Waals surface area contributed by atoms with Crippen LogP contribution in [0.15, 0.2) is 47.4 Å². The predicted molar refractivity (Wildman–Crippen MR) is 128 cm³/mol. The van der Waals surface area contributed by atoms with Crippen LogP contribution in [0.4, 0.5) is 5.13 Å². The lowest BCUT2D eigenvalue weighted by Gasteiger charge is -2.21. The van der Waals surface area contributed by atoms with Gasteiger partial charge >= 0.3 is 0 Å². The van der Waals surface area contributed by atoms with Gasteiger partial charge in [-0.1, -0.05) is 35.1 Å². The normalized spacial score (nSPS) is 11.9. The molecule has 0 N–H and O–H groups in total. The van der Waals surface area contributed by atoms with Crippen molar-refractivity contribution < 1.29 is 13.2 Å². The Kier molecular flexibility index (Phi) is 7.46. The number of anilines is 1. The number of hydrogen-bond donors (Lipinski definition) is 0. The molecule has 3 rings (SSSR count). The van der Waals surface area contributed by atoms with E-state index in [1.54, 1.807) is 29.2 Å². The standard InChI is InChI=1S/C23H29N3O3S2/c1-17-6-9-19(10-7-17)31(28,29)15-12-22(27)26(14-5-13-25(3)4)23-24-20-11-8-18(2)16-21(20)30-23/h6-11,16H,5,12-15H2,1-4H3. The molecule has 0 fully saturated rings. The van der Waals surface area contributed by atoms with E-state index in [0.29, 0.717) is 11.7 Å². The zero-order valence-corrected chi connectivity index (χ0v) is 20.1. The zero-order chi connectivity index (χ0) is 22.6. The van der Waals surface area contributed by atoms with Crippen LogP contribution in [0.3, 0.4) is 0 Å². The van der Waals surface area contributed by atoms with Gasteiger partial charge < -0.3 is 4.90 Å². The highest BCUT2D eigenvalue weighted by atomic mass is 32.2. The van der Waals surface area contributed by atoms with E-state index in [1.165, 1.54) is 11.3 Å². The molecule has 0 aliphatic heterocycles. The fraction of sp³-hybridized carbons (Fsp3) is 0.391. The van der Waals surface area contributed by atoms with Crippen molar-refractivity contribution in [1.29, 1.82) is 0 Å². The fourth-order valence-electron chi connectivity index (χ4n) is 3.23. The van der Waals surface area contributed by atoms with E-state index in [2.05, 4.69) is 16.0 Å². The molecule has 0 aliphatic rings. The molecule has 1 heterocycles. The van der Waals surface area contributed by atoms with Crippen LogP contribution in [-0.4, -0.2) is 57.1 Å². The molecule has 0 saturated heterocycles. The summed E-state index contributed by atoms with van der Waals surface area (Å²) in [6, 6.07) is 12.7. The molecule has 0 aliphatic carbocycles. The maximum atomic E-state index is 13.1. The topological polar surface area (TPSA) is 70.6 Å². The van der Waals surface area contributed by atoms with Crippen LogP contribution in [-0.2, 0) is 14.6 Å². The number of amides is 1. The number of sulfone groups is 1. The van der Waals surface area contributed by atoms with E-state index in [-0.39, 0.29) is 23.0 Å². The molecule has 6 nitrogen and oxygen atoms in total. The summed E-state index contributed by atoms with van der Waals surface area (Å²) in [4.78, 5) is 21.7. The molecule has 8 heteroatoms. The Labute approximate surface area is 188 Å². The molecule has 2 aromatic carbocycles. The fourth-order valence-corrected chi connectivity index (χ4v) is 5.56. The number of carbonyl (C=O) groups is 1. The second kappa shape index (κ2) is 9.89. The van der Waals surface area contributed by atoms with Crippen LogP contribution in [0.2, 0.25) is 0 Å². The average molecular weight is 460 g/mol. The minimum absolute atomic E-state index is 0.0763. The van der Waals surface area contributed by atoms with E-state index < -0.39 is 9.84 Å². The number of rotatable bonds is 9. The van der Waals surface area contributed by atoms with Gasteiger partial charge in [-0.2, -0.15) is 0 Å². The highest BCUT2D eigenvalue weighted by Crippen LogP contribution is 2.30. The van der Waals surface area contributed by atoms with Crippen molar-refractivity contribution in [2.24, 2.45) is 0 Å². The van der Waals surface area contributed by atoms with E-state index in [4.69, 9.17) is 0 Å². The van der Waals surface area contributed by atoms with Crippen LogP contribution < -0.4 is 4.90 Å². The number of hydrogen-bond acceptors (Lipinski definition) is 6. The predicted octanol–water partition coefficient (Wildman–Crippen LogP) is 4.06. The zero-order valence-electron chi connectivity index (χ0n) is 18.5. The van der Waals surface area contributed by atoms with Crippen LogP contribution in [0.1, 0.15) is 24.0 Å². The van der Waals surface area contributed by atoms with Crippen molar-refractivity contribution in [1.82, 2.24) is 9.88 Å². The quantitative estimate of drug-likeness (QED) is 0.483. The molecule has 0 saturated carbocycles. The molecule has 0 spiro atoms. The van der Waals surface area contributed by atoms with Crippen LogP contribution >= 0.6 is 11.3 Å². The molecule has 0 atom stereocenters. The molecular weight excluding hydrogens is 430 g/mol. The highest BCUT2D eigenvalue weighted by molar-refractivity contribution is 7.91. The number of aromatic nitrogens is 1. The molecule has 0 unspecified atom stereocenters. The van der Waals surface area contributed by atoms with Gasteiger partial charge in [-0.15, -0.1) is 0 Å². The van der Waals surface area contributed by atoms with Gasteiger partial charge in [0.2, 0.25) is 5.91 Å². The Balaban J connectivity index is 1.78. The lowest BCUT2D eigenvalue weighted by atomic mass is 10.2. The third-order valence-electron chi connectivity index (χ3n) is 5.02. The summed E-state index contributed by atoms with van der Waals surface area (Å²) < 4.78 is 26.4. The van der Waals surface area contributed by atoms with Crippen LogP contribution in [0.5, 0.6) is 0 Å². The Morgan fingerprint density at radius 1 is 1.00 bits per heavy atom. The summed E-state index contributed by atoms with van der Waals surface area (Å²) in [5.41, 5.74) is 2.98. The first kappa shape index (κ1) is 23.4. The molecule has 1 aromatic heterocycles. The van der Waals surface area contributed by atoms with Crippen molar-refractivity contribution >= 4 is 42.4 Å². The molecule has 3 aromatic rings. The maximum Gasteiger partial charge on any atom is 0.229 e. The third kappa shape index (κ3) is 6.12. The van der Waals surface area contributed by atoms with E-state index >= 15 is 0 Å². The summed E-state index contributed by atoms with van der Waals surface area (Å²) in [5.74, 6) is -0.437. The van der Waals surface area contributed by atoms with E-state index in [1.807, 2.05) is 40.1 Å².